The first-order valence-corrected chi connectivity index (χ1v) is 8.70. The molecule has 3 aromatic carbocycles. The fourth-order valence-corrected chi connectivity index (χ4v) is 2.77. The molecule has 3 amide bonds. The summed E-state index contributed by atoms with van der Waals surface area (Å²) in [4.78, 5) is 25.7. The minimum absolute atomic E-state index is 0.0572. The van der Waals surface area contributed by atoms with Crippen molar-refractivity contribution in [3.05, 3.63) is 94.8 Å². The number of hydrogen-bond acceptors (Lipinski definition) is 3. The van der Waals surface area contributed by atoms with Crippen LogP contribution in [0.25, 0.3) is 0 Å². The summed E-state index contributed by atoms with van der Waals surface area (Å²) in [7, 11) is 0. The van der Waals surface area contributed by atoms with Crippen LogP contribution in [-0.2, 0) is 6.61 Å². The molecule has 0 fully saturated rings. The molecule has 0 unspecified atom stereocenters. The first kappa shape index (κ1) is 19.4. The molecule has 3 rings (SSSR count). The summed E-state index contributed by atoms with van der Waals surface area (Å²) >= 11 is 5.77. The lowest BCUT2D eigenvalue weighted by Crippen LogP contribution is -2.41. The first-order valence-electron chi connectivity index (χ1n) is 8.32. The number of primary amides is 1. The van der Waals surface area contributed by atoms with Crippen molar-refractivity contribution in [1.82, 2.24) is 0 Å². The Morgan fingerprint density at radius 2 is 1.68 bits per heavy atom. The number of amides is 3. The molecule has 0 bridgehead atoms. The number of nitrogens with two attached hydrogens (primary N) is 1. The van der Waals surface area contributed by atoms with Crippen LogP contribution in [0, 0.1) is 5.82 Å². The van der Waals surface area contributed by atoms with Crippen LogP contribution in [-0.4, -0.2) is 11.9 Å². The van der Waals surface area contributed by atoms with Gasteiger partial charge in [-0.05, 0) is 35.9 Å². The smallest absolute Gasteiger partial charge is 0.326 e. The monoisotopic (exact) mass is 398 g/mol. The predicted octanol–water partition coefficient (Wildman–Crippen LogP) is 4.78. The van der Waals surface area contributed by atoms with Gasteiger partial charge in [0, 0.05) is 0 Å². The average molecular weight is 399 g/mol. The summed E-state index contributed by atoms with van der Waals surface area (Å²) in [5.74, 6) is -1.09. The Balaban J connectivity index is 1.91. The van der Waals surface area contributed by atoms with E-state index in [1.165, 1.54) is 12.1 Å². The first-order chi connectivity index (χ1) is 13.5. The number of halogens is 2. The number of rotatable bonds is 5. The number of carbonyl (C=O) groups excluding carboxylic acids is 2. The van der Waals surface area contributed by atoms with E-state index in [2.05, 4.69) is 0 Å². The number of benzene rings is 3. The zero-order valence-corrected chi connectivity index (χ0v) is 15.4. The molecule has 0 atom stereocenters. The van der Waals surface area contributed by atoms with E-state index >= 15 is 0 Å². The molecule has 0 radical (unpaired) electrons. The molecule has 0 heterocycles. The van der Waals surface area contributed by atoms with Crippen LogP contribution < -0.4 is 15.4 Å². The van der Waals surface area contributed by atoms with E-state index in [9.17, 15) is 14.0 Å². The van der Waals surface area contributed by atoms with Crippen molar-refractivity contribution in [2.75, 3.05) is 4.90 Å². The Bertz CT molecular complexity index is 1010. The van der Waals surface area contributed by atoms with Crippen molar-refractivity contribution in [3.63, 3.8) is 0 Å². The standard InChI is InChI=1S/C21H16ClFN2O3/c22-17-12-15(10-11-18(17)23)25(21(24)27)20(26)16-8-4-5-9-19(16)28-13-14-6-2-1-3-7-14/h1-12H,13H2,(H2,24,27). The van der Waals surface area contributed by atoms with Crippen molar-refractivity contribution in [2.24, 2.45) is 5.73 Å². The highest BCUT2D eigenvalue weighted by Crippen LogP contribution is 2.27. The van der Waals surface area contributed by atoms with Gasteiger partial charge in [-0.2, -0.15) is 0 Å². The van der Waals surface area contributed by atoms with Gasteiger partial charge in [-0.1, -0.05) is 54.1 Å². The highest BCUT2D eigenvalue weighted by Gasteiger charge is 2.26. The number of imide groups is 1. The van der Waals surface area contributed by atoms with E-state index in [1.54, 1.807) is 18.2 Å². The molecule has 0 aliphatic rings. The second kappa shape index (κ2) is 8.54. The van der Waals surface area contributed by atoms with E-state index in [0.29, 0.717) is 0 Å². The second-order valence-electron chi connectivity index (χ2n) is 5.85. The SMILES string of the molecule is NC(=O)N(C(=O)c1ccccc1OCc1ccccc1)c1ccc(F)c(Cl)c1. The van der Waals surface area contributed by atoms with Gasteiger partial charge in [0.15, 0.2) is 0 Å². The second-order valence-corrected chi connectivity index (χ2v) is 6.25. The lowest BCUT2D eigenvalue weighted by molar-refractivity contribution is 0.0991. The third-order valence-electron chi connectivity index (χ3n) is 3.94. The van der Waals surface area contributed by atoms with Gasteiger partial charge in [-0.25, -0.2) is 14.1 Å². The Morgan fingerprint density at radius 3 is 2.36 bits per heavy atom. The normalized spacial score (nSPS) is 10.4. The third-order valence-corrected chi connectivity index (χ3v) is 4.23. The summed E-state index contributed by atoms with van der Waals surface area (Å²) in [6.07, 6.45) is 0. The quantitative estimate of drug-likeness (QED) is 0.672. The van der Waals surface area contributed by atoms with Crippen molar-refractivity contribution in [3.8, 4) is 5.75 Å². The van der Waals surface area contributed by atoms with Crippen molar-refractivity contribution >= 4 is 29.2 Å². The minimum atomic E-state index is -1.02. The predicted molar refractivity (Wildman–Crippen MR) is 105 cm³/mol. The van der Waals surface area contributed by atoms with Crippen molar-refractivity contribution < 1.29 is 18.7 Å². The van der Waals surface area contributed by atoms with Gasteiger partial charge in [0.05, 0.1) is 16.3 Å². The Hall–Kier alpha value is -3.38. The maximum atomic E-state index is 13.4. The molecule has 2 N–H and O–H groups in total. The molecule has 0 aliphatic carbocycles. The van der Waals surface area contributed by atoms with Gasteiger partial charge in [0.2, 0.25) is 0 Å². The lowest BCUT2D eigenvalue weighted by Gasteiger charge is -2.20. The van der Waals surface area contributed by atoms with E-state index in [4.69, 9.17) is 22.1 Å². The summed E-state index contributed by atoms with van der Waals surface area (Å²) in [5, 5.41) is -0.231. The molecular weight excluding hydrogens is 383 g/mol. The number of hydrogen-bond donors (Lipinski definition) is 1. The average Bonchev–Trinajstić information content (AvgIpc) is 2.70. The van der Waals surface area contributed by atoms with Crippen LogP contribution in [0.4, 0.5) is 14.9 Å². The summed E-state index contributed by atoms with van der Waals surface area (Å²) in [6.45, 7) is 0.240. The molecule has 0 saturated carbocycles. The molecule has 0 spiro atoms. The number of urea groups is 1. The summed E-state index contributed by atoms with van der Waals surface area (Å²) < 4.78 is 19.2. The van der Waals surface area contributed by atoms with Crippen molar-refractivity contribution in [1.29, 1.82) is 0 Å². The molecule has 142 valence electrons. The largest absolute Gasteiger partial charge is 0.488 e. The van der Waals surface area contributed by atoms with Crippen LogP contribution in [0.3, 0.4) is 0 Å². The highest BCUT2D eigenvalue weighted by atomic mass is 35.5. The molecule has 7 heteroatoms. The van der Waals surface area contributed by atoms with E-state index in [0.717, 1.165) is 22.6 Å². The molecule has 5 nitrogen and oxygen atoms in total. The maximum Gasteiger partial charge on any atom is 0.326 e. The van der Waals surface area contributed by atoms with Gasteiger partial charge < -0.3 is 10.5 Å². The summed E-state index contributed by atoms with van der Waals surface area (Å²) in [6, 6.07) is 18.3. The van der Waals surface area contributed by atoms with Crippen LogP contribution >= 0.6 is 11.6 Å². The fourth-order valence-electron chi connectivity index (χ4n) is 2.59. The van der Waals surface area contributed by atoms with Gasteiger partial charge in [0.25, 0.3) is 5.91 Å². The van der Waals surface area contributed by atoms with E-state index in [1.807, 2.05) is 30.3 Å². The number of carbonyl (C=O) groups is 2. The molecule has 28 heavy (non-hydrogen) atoms. The Labute approximate surface area is 166 Å². The Morgan fingerprint density at radius 1 is 1.00 bits per heavy atom. The van der Waals surface area contributed by atoms with E-state index in [-0.39, 0.29) is 28.6 Å². The molecular formula is C21H16ClFN2O3. The van der Waals surface area contributed by atoms with Crippen molar-refractivity contribution in [2.45, 2.75) is 6.61 Å². The van der Waals surface area contributed by atoms with Crippen LogP contribution in [0.2, 0.25) is 5.02 Å². The summed E-state index contributed by atoms with van der Waals surface area (Å²) in [5.41, 5.74) is 6.51. The van der Waals surface area contributed by atoms with Crippen LogP contribution in [0.5, 0.6) is 5.75 Å². The van der Waals surface area contributed by atoms with Gasteiger partial charge >= 0.3 is 6.03 Å². The van der Waals surface area contributed by atoms with Gasteiger partial charge in [0.1, 0.15) is 18.2 Å². The Kier molecular flexibility index (Phi) is 5.91. The number of para-hydroxylation sites is 1. The van der Waals surface area contributed by atoms with Gasteiger partial charge in [-0.3, -0.25) is 4.79 Å². The molecule has 0 aromatic heterocycles. The lowest BCUT2D eigenvalue weighted by atomic mass is 10.1. The van der Waals surface area contributed by atoms with Crippen LogP contribution in [0.1, 0.15) is 15.9 Å². The topological polar surface area (TPSA) is 72.6 Å². The molecule has 0 aliphatic heterocycles. The zero-order chi connectivity index (χ0) is 20.1. The number of nitrogens with zero attached hydrogens (tertiary/aromatic N) is 1. The fraction of sp³-hybridized carbons (Fsp3) is 0.0476. The minimum Gasteiger partial charge on any atom is -0.488 e. The maximum absolute atomic E-state index is 13.4. The van der Waals surface area contributed by atoms with Crippen LogP contribution in [0.15, 0.2) is 72.8 Å². The zero-order valence-electron chi connectivity index (χ0n) is 14.6. The third kappa shape index (κ3) is 4.29. The molecule has 0 saturated heterocycles. The number of ether oxygens (including phenoxy) is 1. The van der Waals surface area contributed by atoms with Gasteiger partial charge in [-0.15, -0.1) is 0 Å². The highest BCUT2D eigenvalue weighted by molar-refractivity contribution is 6.31. The number of anilines is 1. The molecule has 3 aromatic rings. The van der Waals surface area contributed by atoms with E-state index < -0.39 is 17.8 Å².